The van der Waals surface area contributed by atoms with Crippen LogP contribution in [-0.4, -0.2) is 24.4 Å². The third-order valence-electron chi connectivity index (χ3n) is 11.4. The monoisotopic (exact) mass is 442 g/mol. The van der Waals surface area contributed by atoms with Crippen LogP contribution in [0.25, 0.3) is 0 Å². The van der Waals surface area contributed by atoms with Crippen LogP contribution < -0.4 is 0 Å². The normalized spacial score (nSPS) is 45.2. The van der Waals surface area contributed by atoms with Gasteiger partial charge in [0, 0.05) is 6.61 Å². The molecular formula is C30H50O2. The van der Waals surface area contributed by atoms with Gasteiger partial charge < -0.3 is 9.84 Å². The second-order valence-electron chi connectivity index (χ2n) is 13.0. The summed E-state index contributed by atoms with van der Waals surface area (Å²) in [5.41, 5.74) is 1.10. The highest BCUT2D eigenvalue weighted by molar-refractivity contribution is 5.09. The van der Waals surface area contributed by atoms with E-state index in [9.17, 15) is 5.11 Å². The maximum Gasteiger partial charge on any atom is 0.107 e. The molecule has 4 rings (SSSR count). The summed E-state index contributed by atoms with van der Waals surface area (Å²) in [4.78, 5) is 0. The van der Waals surface area contributed by atoms with Crippen molar-refractivity contribution in [2.75, 3.05) is 13.2 Å². The molecule has 0 amide bonds. The smallest absolute Gasteiger partial charge is 0.107 e. The van der Waals surface area contributed by atoms with E-state index < -0.39 is 0 Å². The Hall–Kier alpha value is -0.520. The number of terminal acetylenes is 1. The van der Waals surface area contributed by atoms with Crippen molar-refractivity contribution < 1.29 is 9.84 Å². The fraction of sp³-hybridized carbons (Fsp3) is 0.933. The van der Waals surface area contributed by atoms with Crippen LogP contribution in [0.1, 0.15) is 105 Å². The minimum Gasteiger partial charge on any atom is -0.396 e. The van der Waals surface area contributed by atoms with Crippen LogP contribution in [-0.2, 0) is 4.74 Å². The molecule has 0 saturated heterocycles. The summed E-state index contributed by atoms with van der Waals surface area (Å²) < 4.78 is 5.99. The van der Waals surface area contributed by atoms with Crippen LogP contribution in [0.5, 0.6) is 0 Å². The van der Waals surface area contributed by atoms with E-state index in [-0.39, 0.29) is 0 Å². The Bertz CT molecular complexity index is 666. The lowest BCUT2D eigenvalue weighted by Crippen LogP contribution is -2.54. The van der Waals surface area contributed by atoms with E-state index in [4.69, 9.17) is 11.2 Å². The molecule has 0 aromatic rings. The van der Waals surface area contributed by atoms with Gasteiger partial charge in [-0.1, -0.05) is 46.5 Å². The zero-order chi connectivity index (χ0) is 22.9. The van der Waals surface area contributed by atoms with Crippen molar-refractivity contribution in [3.05, 3.63) is 0 Å². The molecule has 4 aliphatic carbocycles. The van der Waals surface area contributed by atoms with Crippen molar-refractivity contribution in [1.29, 1.82) is 0 Å². The lowest BCUT2D eigenvalue weighted by atomic mass is 9.44. The van der Waals surface area contributed by atoms with Crippen LogP contribution in [0, 0.1) is 64.6 Å². The van der Waals surface area contributed by atoms with Crippen LogP contribution in [0.3, 0.4) is 0 Å². The summed E-state index contributed by atoms with van der Waals surface area (Å²) in [5.74, 6) is 8.59. The van der Waals surface area contributed by atoms with Gasteiger partial charge in [-0.25, -0.2) is 0 Å². The van der Waals surface area contributed by atoms with Crippen LogP contribution in [0.4, 0.5) is 0 Å². The fourth-order valence-corrected chi connectivity index (χ4v) is 9.59. The third kappa shape index (κ3) is 4.43. The van der Waals surface area contributed by atoms with E-state index >= 15 is 0 Å². The van der Waals surface area contributed by atoms with Crippen molar-refractivity contribution in [1.82, 2.24) is 0 Å². The van der Waals surface area contributed by atoms with E-state index in [1.54, 1.807) is 0 Å². The zero-order valence-corrected chi connectivity index (χ0v) is 21.5. The Balaban J connectivity index is 1.40. The molecule has 0 heterocycles. The number of hydrogen-bond donors (Lipinski definition) is 1. The second kappa shape index (κ2) is 10.00. The van der Waals surface area contributed by atoms with Gasteiger partial charge in [-0.05, 0) is 116 Å². The van der Waals surface area contributed by atoms with E-state index in [1.165, 1.54) is 77.0 Å². The van der Waals surface area contributed by atoms with Gasteiger partial charge in [0.05, 0.1) is 6.10 Å². The summed E-state index contributed by atoms with van der Waals surface area (Å²) in [7, 11) is 0. The van der Waals surface area contributed by atoms with Crippen LogP contribution in [0.15, 0.2) is 0 Å². The van der Waals surface area contributed by atoms with E-state index in [2.05, 4.69) is 33.6 Å². The molecule has 4 fully saturated rings. The number of ether oxygens (including phenoxy) is 1. The van der Waals surface area contributed by atoms with Crippen LogP contribution in [0.2, 0.25) is 0 Å². The maximum atomic E-state index is 9.36. The molecule has 1 N–H and O–H groups in total. The number of aliphatic hydroxyl groups excluding tert-OH is 1. The summed E-state index contributed by atoms with van der Waals surface area (Å²) in [5, 5.41) is 9.36. The molecule has 0 spiro atoms. The first-order valence-corrected chi connectivity index (χ1v) is 14.0. The second-order valence-corrected chi connectivity index (χ2v) is 13.0. The Kier molecular flexibility index (Phi) is 7.68. The zero-order valence-electron chi connectivity index (χ0n) is 21.5. The molecule has 2 unspecified atom stereocenters. The van der Waals surface area contributed by atoms with Gasteiger partial charge in [0.2, 0.25) is 0 Å². The molecule has 2 heteroatoms. The van der Waals surface area contributed by atoms with Gasteiger partial charge in [-0.3, -0.25) is 0 Å². The first-order chi connectivity index (χ1) is 15.3. The minimum absolute atomic E-state index is 0.344. The summed E-state index contributed by atoms with van der Waals surface area (Å²) in [6.07, 6.45) is 22.2. The number of rotatable bonds is 8. The van der Waals surface area contributed by atoms with Crippen molar-refractivity contribution >= 4 is 0 Å². The SMILES string of the molecule is C#CCO[C@H]1CC[C@@]2(C)C(CC[C@H]3[C@@H]4CC[C@H]([C@H](C)CCCC(C)CO)[C@@]4(C)CC[C@@H]32)C1. The average molecular weight is 443 g/mol. The molecular weight excluding hydrogens is 392 g/mol. The van der Waals surface area contributed by atoms with E-state index in [0.29, 0.717) is 36.1 Å². The standard InChI is InChI=1S/C30H50O2/c1-6-18-32-24-14-16-29(4)23(19-24)10-11-25-27-13-12-26(30(27,5)17-15-28(25)29)22(3)9-7-8-21(2)20-31/h1,21-28,31H,7-20H2,2-5H3/t21?,22-,23?,24+,25+,26-,27+,28+,29+,30-/m1/s1. The van der Waals surface area contributed by atoms with Gasteiger partial charge in [-0.15, -0.1) is 6.42 Å². The highest BCUT2D eigenvalue weighted by Gasteiger charge is 2.60. The number of hydrogen-bond acceptors (Lipinski definition) is 2. The predicted octanol–water partition coefficient (Wildman–Crippen LogP) is 7.10. The van der Waals surface area contributed by atoms with E-state index in [1.807, 2.05) is 0 Å². The fourth-order valence-electron chi connectivity index (χ4n) is 9.59. The Morgan fingerprint density at radius 3 is 2.47 bits per heavy atom. The molecule has 0 aromatic heterocycles. The summed E-state index contributed by atoms with van der Waals surface area (Å²) >= 11 is 0. The summed E-state index contributed by atoms with van der Waals surface area (Å²) in [6.45, 7) is 10.9. The largest absolute Gasteiger partial charge is 0.396 e. The topological polar surface area (TPSA) is 29.5 Å². The van der Waals surface area contributed by atoms with Crippen molar-refractivity contribution in [3.8, 4) is 12.3 Å². The van der Waals surface area contributed by atoms with Gasteiger partial charge >= 0.3 is 0 Å². The molecule has 0 aromatic carbocycles. The Morgan fingerprint density at radius 1 is 0.969 bits per heavy atom. The van der Waals surface area contributed by atoms with Crippen molar-refractivity contribution in [2.45, 2.75) is 111 Å². The van der Waals surface area contributed by atoms with Crippen molar-refractivity contribution in [3.63, 3.8) is 0 Å². The molecule has 2 nitrogen and oxygen atoms in total. The molecule has 4 saturated carbocycles. The Labute approximate surface area is 198 Å². The lowest BCUT2D eigenvalue weighted by Gasteiger charge is -2.61. The first kappa shape index (κ1) is 24.6. The third-order valence-corrected chi connectivity index (χ3v) is 11.4. The quantitative estimate of drug-likeness (QED) is 0.406. The molecule has 0 aliphatic heterocycles. The molecule has 0 radical (unpaired) electrons. The van der Waals surface area contributed by atoms with Crippen LogP contribution >= 0.6 is 0 Å². The minimum atomic E-state index is 0.344. The predicted molar refractivity (Wildman–Crippen MR) is 133 cm³/mol. The average Bonchev–Trinajstić information content (AvgIpc) is 3.14. The summed E-state index contributed by atoms with van der Waals surface area (Å²) in [6, 6.07) is 0. The molecule has 10 atom stereocenters. The maximum absolute atomic E-state index is 9.36. The highest BCUT2D eigenvalue weighted by atomic mass is 16.5. The van der Waals surface area contributed by atoms with Gasteiger partial charge in [-0.2, -0.15) is 0 Å². The molecule has 0 bridgehead atoms. The van der Waals surface area contributed by atoms with Gasteiger partial charge in [0.1, 0.15) is 6.61 Å². The Morgan fingerprint density at radius 2 is 1.72 bits per heavy atom. The van der Waals surface area contributed by atoms with Gasteiger partial charge in [0.25, 0.3) is 0 Å². The number of aliphatic hydroxyl groups is 1. The molecule has 32 heavy (non-hydrogen) atoms. The number of fused-ring (bicyclic) bond motifs is 5. The van der Waals surface area contributed by atoms with E-state index in [0.717, 1.165) is 35.5 Å². The van der Waals surface area contributed by atoms with Gasteiger partial charge in [0.15, 0.2) is 0 Å². The molecule has 182 valence electrons. The van der Waals surface area contributed by atoms with Crippen molar-refractivity contribution in [2.24, 2.45) is 52.3 Å². The first-order valence-electron chi connectivity index (χ1n) is 14.0. The molecule has 4 aliphatic rings. The lowest BCUT2D eigenvalue weighted by molar-refractivity contribution is -0.134. The highest BCUT2D eigenvalue weighted by Crippen LogP contribution is 2.68.